The lowest BCUT2D eigenvalue weighted by Crippen LogP contribution is -2.14. The summed E-state index contributed by atoms with van der Waals surface area (Å²) in [4.78, 5) is 13.6. The average molecular weight is 440 g/mol. The van der Waals surface area contributed by atoms with Gasteiger partial charge in [-0.3, -0.25) is 14.5 Å². The van der Waals surface area contributed by atoms with E-state index in [0.29, 0.717) is 14.5 Å². The molecule has 0 bridgehead atoms. The van der Waals surface area contributed by atoms with Crippen LogP contribution in [0, 0.1) is 17.8 Å². The fourth-order valence-electron chi connectivity index (χ4n) is 2.90. The molecule has 0 aliphatic carbocycles. The quantitative estimate of drug-likeness (QED) is 0.323. The summed E-state index contributed by atoms with van der Waals surface area (Å²) >= 11 is 6.68. The Labute approximate surface area is 179 Å². The third-order valence-electron chi connectivity index (χ3n) is 4.24. The van der Waals surface area contributed by atoms with E-state index in [2.05, 4.69) is 25.5 Å². The highest BCUT2D eigenvalue weighted by atomic mass is 32.1. The first kappa shape index (κ1) is 19.7. The van der Waals surface area contributed by atoms with Gasteiger partial charge in [0.1, 0.15) is 10.7 Å². The number of thiazole rings is 1. The van der Waals surface area contributed by atoms with E-state index >= 15 is 0 Å². The smallest absolute Gasteiger partial charge is 0.292 e. The number of hydrogen-bond acceptors (Lipinski definition) is 9. The van der Waals surface area contributed by atoms with Crippen molar-refractivity contribution in [1.82, 2.24) is 24.5 Å². The molecular weight excluding hydrogens is 422 g/mol. The molecule has 0 aliphatic rings. The highest BCUT2D eigenvalue weighted by Crippen LogP contribution is 2.35. The van der Waals surface area contributed by atoms with Crippen molar-refractivity contribution in [2.24, 2.45) is 10.2 Å². The van der Waals surface area contributed by atoms with Gasteiger partial charge in [0, 0.05) is 11.4 Å². The van der Waals surface area contributed by atoms with Crippen LogP contribution in [0.5, 0.6) is 0 Å². The maximum Gasteiger partial charge on any atom is 0.292 e. The van der Waals surface area contributed by atoms with Crippen LogP contribution < -0.4 is 11.5 Å². The summed E-state index contributed by atoms with van der Waals surface area (Å²) < 4.78 is 3.44. The summed E-state index contributed by atoms with van der Waals surface area (Å²) in [7, 11) is 0. The van der Waals surface area contributed by atoms with Crippen molar-refractivity contribution >= 4 is 52.6 Å². The Morgan fingerprint density at radius 2 is 1.93 bits per heavy atom. The Kier molecular flexibility index (Phi) is 5.01. The largest absolute Gasteiger partial charge is 0.382 e. The second kappa shape index (κ2) is 7.65. The molecule has 0 spiro atoms. The minimum atomic E-state index is -0.353. The molecule has 0 saturated heterocycles. The molecule has 0 unspecified atom stereocenters. The summed E-state index contributed by atoms with van der Waals surface area (Å²) in [6.45, 7) is 3.62. The van der Waals surface area contributed by atoms with Crippen LogP contribution >= 0.6 is 23.6 Å². The third-order valence-corrected chi connectivity index (χ3v) is 5.59. The number of anilines is 2. The fourth-order valence-corrected chi connectivity index (χ4v) is 4.20. The van der Waals surface area contributed by atoms with E-state index in [4.69, 9.17) is 23.7 Å². The molecule has 4 rings (SSSR count). The third kappa shape index (κ3) is 3.42. The number of azo groups is 1. The van der Waals surface area contributed by atoms with Gasteiger partial charge in [0.15, 0.2) is 21.3 Å². The lowest BCUT2D eigenvalue weighted by molar-refractivity contribution is 0.0947. The van der Waals surface area contributed by atoms with Crippen LogP contribution in [-0.2, 0) is 0 Å². The molecule has 0 fully saturated rings. The van der Waals surface area contributed by atoms with Gasteiger partial charge < -0.3 is 11.5 Å². The Balaban J connectivity index is 1.92. The molecule has 12 heteroatoms. The molecule has 4 aromatic rings. The number of carbonyl (C=O) groups is 1. The van der Waals surface area contributed by atoms with Crippen LogP contribution in [0.3, 0.4) is 0 Å². The number of nitrogen functional groups attached to an aromatic ring is 2. The predicted molar refractivity (Wildman–Crippen MR) is 117 cm³/mol. The Morgan fingerprint density at radius 1 is 1.20 bits per heavy atom. The molecule has 0 radical (unpaired) electrons. The monoisotopic (exact) mass is 439 g/mol. The van der Waals surface area contributed by atoms with Gasteiger partial charge in [0.2, 0.25) is 0 Å². The van der Waals surface area contributed by atoms with Gasteiger partial charge in [-0.25, -0.2) is 0 Å². The summed E-state index contributed by atoms with van der Waals surface area (Å²) in [6.07, 6.45) is 0. The first-order valence-electron chi connectivity index (χ1n) is 8.77. The van der Waals surface area contributed by atoms with Crippen molar-refractivity contribution in [3.63, 3.8) is 0 Å². The van der Waals surface area contributed by atoms with Gasteiger partial charge in [-0.05, 0) is 44.3 Å². The van der Waals surface area contributed by atoms with E-state index in [0.717, 1.165) is 22.7 Å². The van der Waals surface area contributed by atoms with Gasteiger partial charge in [-0.2, -0.15) is 14.9 Å². The Morgan fingerprint density at radius 3 is 2.53 bits per heavy atom. The predicted octanol–water partition coefficient (Wildman–Crippen LogP) is 4.07. The van der Waals surface area contributed by atoms with Gasteiger partial charge in [0.05, 0.1) is 5.69 Å². The van der Waals surface area contributed by atoms with Crippen LogP contribution in [0.25, 0.3) is 5.69 Å². The summed E-state index contributed by atoms with van der Waals surface area (Å²) in [5.74, 6) is 0.174. The van der Waals surface area contributed by atoms with Crippen LogP contribution in [-0.4, -0.2) is 30.5 Å². The molecule has 3 aromatic heterocycles. The van der Waals surface area contributed by atoms with Gasteiger partial charge in [-0.15, -0.1) is 10.2 Å². The van der Waals surface area contributed by atoms with E-state index in [1.54, 1.807) is 11.5 Å². The SMILES string of the molecule is Cc1cc(C)n(C(=O)c2sc(=S)n(-c3ccccc3)c2N=Nc2c(N)n[nH]c2N)n1. The number of nitrogens with two attached hydrogens (primary N) is 2. The van der Waals surface area contributed by atoms with E-state index in [1.807, 2.05) is 43.3 Å². The lowest BCUT2D eigenvalue weighted by Gasteiger charge is -2.06. The van der Waals surface area contributed by atoms with Gasteiger partial charge >= 0.3 is 0 Å². The summed E-state index contributed by atoms with van der Waals surface area (Å²) in [5.41, 5.74) is 14.0. The molecule has 30 heavy (non-hydrogen) atoms. The number of rotatable bonds is 4. The Hall–Kier alpha value is -3.64. The molecular formula is C18H17N9OS2. The minimum absolute atomic E-state index is 0.0998. The number of H-pyrrole nitrogens is 1. The van der Waals surface area contributed by atoms with Crippen molar-refractivity contribution in [2.45, 2.75) is 13.8 Å². The maximum atomic E-state index is 13.3. The molecule has 0 amide bonds. The van der Waals surface area contributed by atoms with Crippen LogP contribution in [0.2, 0.25) is 0 Å². The number of nitrogens with one attached hydrogen (secondary N) is 1. The molecule has 5 N–H and O–H groups in total. The van der Waals surface area contributed by atoms with Crippen molar-refractivity contribution in [3.05, 3.63) is 56.6 Å². The summed E-state index contributed by atoms with van der Waals surface area (Å²) in [6, 6.07) is 11.2. The normalized spacial score (nSPS) is 11.4. The molecule has 10 nitrogen and oxygen atoms in total. The minimum Gasteiger partial charge on any atom is -0.382 e. The van der Waals surface area contributed by atoms with E-state index in [-0.39, 0.29) is 29.0 Å². The van der Waals surface area contributed by atoms with Crippen LogP contribution in [0.15, 0.2) is 46.6 Å². The fraction of sp³-hybridized carbons (Fsp3) is 0.111. The number of aryl methyl sites for hydroxylation is 2. The number of hydrogen-bond donors (Lipinski definition) is 3. The second-order valence-corrected chi connectivity index (χ2v) is 8.05. The lowest BCUT2D eigenvalue weighted by atomic mass is 10.3. The number of para-hydroxylation sites is 1. The zero-order chi connectivity index (χ0) is 21.4. The van der Waals surface area contributed by atoms with Crippen molar-refractivity contribution < 1.29 is 4.79 Å². The van der Waals surface area contributed by atoms with E-state index in [9.17, 15) is 4.79 Å². The van der Waals surface area contributed by atoms with Gasteiger partial charge in [0.25, 0.3) is 5.91 Å². The zero-order valence-electron chi connectivity index (χ0n) is 16.0. The number of nitrogens with zero attached hydrogens (tertiary/aromatic N) is 6. The zero-order valence-corrected chi connectivity index (χ0v) is 17.7. The maximum absolute atomic E-state index is 13.3. The second-order valence-electron chi connectivity index (χ2n) is 6.41. The molecule has 1 aromatic carbocycles. The van der Waals surface area contributed by atoms with E-state index < -0.39 is 0 Å². The van der Waals surface area contributed by atoms with Gasteiger partial charge in [-0.1, -0.05) is 29.5 Å². The van der Waals surface area contributed by atoms with Crippen LogP contribution in [0.1, 0.15) is 21.1 Å². The number of aromatic amines is 1. The highest BCUT2D eigenvalue weighted by Gasteiger charge is 2.24. The van der Waals surface area contributed by atoms with E-state index in [1.165, 1.54) is 4.68 Å². The van der Waals surface area contributed by atoms with Crippen LogP contribution in [0.4, 0.5) is 23.1 Å². The number of benzene rings is 1. The highest BCUT2D eigenvalue weighted by molar-refractivity contribution is 7.73. The molecule has 0 saturated carbocycles. The first-order valence-corrected chi connectivity index (χ1v) is 9.99. The standard InChI is InChI=1S/C18H17N9OS2/c1-9-8-10(2)27(25-9)17(28)13-16(24-21-12-14(19)22-23-15(12)20)26(18(29)30-13)11-6-4-3-5-7-11/h3-8H,1-2H3,(H5,19,20,22,23). The average Bonchev–Trinajstić information content (AvgIpc) is 3.35. The van der Waals surface area contributed by atoms with Crippen molar-refractivity contribution in [2.75, 3.05) is 11.5 Å². The molecule has 0 atom stereocenters. The molecule has 0 aliphatic heterocycles. The number of carbonyl (C=O) groups excluding carboxylic acids is 1. The van der Waals surface area contributed by atoms with Crippen molar-refractivity contribution in [1.29, 1.82) is 0 Å². The Bertz CT molecular complexity index is 1310. The molecule has 152 valence electrons. The number of aromatic nitrogens is 5. The first-order chi connectivity index (χ1) is 14.4. The van der Waals surface area contributed by atoms with Crippen molar-refractivity contribution in [3.8, 4) is 5.69 Å². The summed E-state index contributed by atoms with van der Waals surface area (Å²) in [5, 5.41) is 19.1. The molecule has 3 heterocycles. The topological polar surface area (TPSA) is 145 Å².